The number of hydrogen-bond acceptors (Lipinski definition) is 5. The molecular formula is C13H14N2O3S2. The summed E-state index contributed by atoms with van der Waals surface area (Å²) in [5.74, 6) is -0.514. The molecule has 7 heteroatoms. The molecule has 2 rings (SSSR count). The van der Waals surface area contributed by atoms with Crippen LogP contribution in [0.15, 0.2) is 34.5 Å². The zero-order valence-corrected chi connectivity index (χ0v) is 12.7. The monoisotopic (exact) mass is 310 g/mol. The van der Waals surface area contributed by atoms with E-state index >= 15 is 0 Å². The van der Waals surface area contributed by atoms with Crippen molar-refractivity contribution < 1.29 is 13.2 Å². The minimum Gasteiger partial charge on any atom is -0.298 e. The molecule has 0 radical (unpaired) electrons. The maximum Gasteiger partial charge on any atom is 0.258 e. The highest BCUT2D eigenvalue weighted by molar-refractivity contribution is 7.91. The highest BCUT2D eigenvalue weighted by atomic mass is 32.2. The molecular weight excluding hydrogens is 296 g/mol. The van der Waals surface area contributed by atoms with E-state index in [0.717, 1.165) is 5.69 Å². The summed E-state index contributed by atoms with van der Waals surface area (Å²) in [6, 6.07) is 6.18. The van der Waals surface area contributed by atoms with Gasteiger partial charge in [0.15, 0.2) is 15.0 Å². The molecule has 1 aromatic carbocycles. The number of anilines is 1. The molecule has 0 fully saturated rings. The van der Waals surface area contributed by atoms with Crippen LogP contribution >= 0.6 is 11.3 Å². The van der Waals surface area contributed by atoms with E-state index in [2.05, 4.69) is 10.3 Å². The van der Waals surface area contributed by atoms with Crippen LogP contribution in [0.4, 0.5) is 5.13 Å². The summed E-state index contributed by atoms with van der Waals surface area (Å²) in [6.07, 6.45) is 0. The lowest BCUT2D eigenvalue weighted by Crippen LogP contribution is -2.17. The first kappa shape index (κ1) is 14.7. The molecule has 0 saturated carbocycles. The maximum atomic E-state index is 12.2. The third-order valence-corrected chi connectivity index (χ3v) is 5.35. The standard InChI is InChI=1S/C13H14N2O3S2/c1-3-20(17,18)11-7-5-4-6-10(11)12(16)15-13-14-9(2)8-19-13/h4-8H,3H2,1-2H3,(H,14,15,16). The number of carbonyl (C=O) groups is 1. The highest BCUT2D eigenvalue weighted by Gasteiger charge is 2.20. The van der Waals surface area contributed by atoms with Gasteiger partial charge >= 0.3 is 0 Å². The first-order valence-electron chi connectivity index (χ1n) is 5.99. The summed E-state index contributed by atoms with van der Waals surface area (Å²) >= 11 is 1.30. The van der Waals surface area contributed by atoms with E-state index in [1.165, 1.54) is 23.5 Å². The van der Waals surface area contributed by atoms with Crippen LogP contribution in [0.5, 0.6) is 0 Å². The number of rotatable bonds is 4. The van der Waals surface area contributed by atoms with Crippen LogP contribution in [0.1, 0.15) is 23.0 Å². The second kappa shape index (κ2) is 5.72. The number of thiazole rings is 1. The highest BCUT2D eigenvalue weighted by Crippen LogP contribution is 2.20. The average molecular weight is 310 g/mol. The van der Waals surface area contributed by atoms with Gasteiger partial charge in [0, 0.05) is 5.38 Å². The zero-order valence-electron chi connectivity index (χ0n) is 11.1. The molecule has 0 bridgehead atoms. The minimum atomic E-state index is -3.44. The van der Waals surface area contributed by atoms with Gasteiger partial charge in [-0.3, -0.25) is 10.1 Å². The van der Waals surface area contributed by atoms with Gasteiger partial charge < -0.3 is 0 Å². The Kier molecular flexibility index (Phi) is 4.20. The molecule has 1 aromatic heterocycles. The number of benzene rings is 1. The van der Waals surface area contributed by atoms with Crippen molar-refractivity contribution in [3.8, 4) is 0 Å². The minimum absolute atomic E-state index is 0.0480. The van der Waals surface area contributed by atoms with Crippen LogP contribution < -0.4 is 5.32 Å². The van der Waals surface area contributed by atoms with Crippen LogP contribution in [0.3, 0.4) is 0 Å². The van der Waals surface area contributed by atoms with Crippen molar-refractivity contribution in [1.29, 1.82) is 0 Å². The fourth-order valence-corrected chi connectivity index (χ4v) is 3.43. The predicted molar refractivity (Wildman–Crippen MR) is 79.0 cm³/mol. The number of hydrogen-bond donors (Lipinski definition) is 1. The Morgan fingerprint density at radius 1 is 1.35 bits per heavy atom. The number of sulfone groups is 1. The lowest BCUT2D eigenvalue weighted by atomic mass is 10.2. The normalized spacial score (nSPS) is 11.3. The molecule has 0 saturated heterocycles. The number of carbonyl (C=O) groups excluding carboxylic acids is 1. The number of aromatic nitrogens is 1. The molecule has 2 aromatic rings. The van der Waals surface area contributed by atoms with Crippen LogP contribution in [0.25, 0.3) is 0 Å². The van der Waals surface area contributed by atoms with Crippen LogP contribution in [0, 0.1) is 6.92 Å². The van der Waals surface area contributed by atoms with E-state index in [9.17, 15) is 13.2 Å². The Bertz CT molecular complexity index is 736. The Morgan fingerprint density at radius 2 is 2.05 bits per heavy atom. The van der Waals surface area contributed by atoms with E-state index in [-0.39, 0.29) is 16.2 Å². The summed E-state index contributed by atoms with van der Waals surface area (Å²) in [7, 11) is -3.44. The van der Waals surface area contributed by atoms with E-state index in [1.807, 2.05) is 12.3 Å². The number of amides is 1. The SMILES string of the molecule is CCS(=O)(=O)c1ccccc1C(=O)Nc1nc(C)cs1. The summed E-state index contributed by atoms with van der Waals surface area (Å²) in [5, 5.41) is 4.88. The fraction of sp³-hybridized carbons (Fsp3) is 0.231. The van der Waals surface area contributed by atoms with Crippen LogP contribution in [0.2, 0.25) is 0 Å². The maximum absolute atomic E-state index is 12.2. The smallest absolute Gasteiger partial charge is 0.258 e. The van der Waals surface area contributed by atoms with Crippen molar-refractivity contribution in [2.75, 3.05) is 11.1 Å². The van der Waals surface area contributed by atoms with Gasteiger partial charge in [0.1, 0.15) is 0 Å². The number of nitrogens with one attached hydrogen (secondary N) is 1. The Labute approximate surface area is 121 Å². The largest absolute Gasteiger partial charge is 0.298 e. The Hall–Kier alpha value is -1.73. The van der Waals surface area contributed by atoms with E-state index in [1.54, 1.807) is 19.1 Å². The topological polar surface area (TPSA) is 76.1 Å². The van der Waals surface area contributed by atoms with Gasteiger partial charge in [0.2, 0.25) is 0 Å². The summed E-state index contributed by atoms with van der Waals surface area (Å²) in [5.41, 5.74) is 0.946. The fourth-order valence-electron chi connectivity index (χ4n) is 1.66. The van der Waals surface area contributed by atoms with Gasteiger partial charge in [-0.1, -0.05) is 19.1 Å². The second-order valence-electron chi connectivity index (χ2n) is 4.15. The van der Waals surface area contributed by atoms with Crippen LogP contribution in [-0.4, -0.2) is 25.1 Å². The molecule has 0 aliphatic carbocycles. The van der Waals surface area contributed by atoms with Crippen molar-refractivity contribution in [2.24, 2.45) is 0 Å². The van der Waals surface area contributed by atoms with E-state index in [0.29, 0.717) is 5.13 Å². The summed E-state index contributed by atoms with van der Waals surface area (Å²) in [6.45, 7) is 3.37. The van der Waals surface area contributed by atoms with E-state index in [4.69, 9.17) is 0 Å². The van der Waals surface area contributed by atoms with Gasteiger partial charge in [-0.05, 0) is 19.1 Å². The predicted octanol–water partition coefficient (Wildman–Crippen LogP) is 2.50. The van der Waals surface area contributed by atoms with Crippen LogP contribution in [-0.2, 0) is 9.84 Å². The Morgan fingerprint density at radius 3 is 2.65 bits per heavy atom. The van der Waals surface area contributed by atoms with Crippen molar-refractivity contribution in [3.63, 3.8) is 0 Å². The molecule has 0 spiro atoms. The van der Waals surface area contributed by atoms with Gasteiger partial charge in [-0.15, -0.1) is 11.3 Å². The van der Waals surface area contributed by atoms with E-state index < -0.39 is 15.7 Å². The second-order valence-corrected chi connectivity index (χ2v) is 7.25. The lowest BCUT2D eigenvalue weighted by molar-refractivity contribution is 0.102. The summed E-state index contributed by atoms with van der Waals surface area (Å²) in [4.78, 5) is 16.4. The number of aryl methyl sites for hydroxylation is 1. The van der Waals surface area contributed by atoms with Crippen molar-refractivity contribution in [1.82, 2.24) is 4.98 Å². The molecule has 1 heterocycles. The number of nitrogens with zero attached hydrogens (tertiary/aromatic N) is 1. The zero-order chi connectivity index (χ0) is 14.8. The van der Waals surface area contributed by atoms with Gasteiger partial charge in [0.05, 0.1) is 21.9 Å². The summed E-state index contributed by atoms with van der Waals surface area (Å²) < 4.78 is 24.0. The molecule has 1 N–H and O–H groups in total. The van der Waals surface area contributed by atoms with Gasteiger partial charge in [0.25, 0.3) is 5.91 Å². The molecule has 5 nitrogen and oxygen atoms in total. The average Bonchev–Trinajstić information content (AvgIpc) is 2.84. The quantitative estimate of drug-likeness (QED) is 0.941. The van der Waals surface area contributed by atoms with Crippen molar-refractivity contribution in [2.45, 2.75) is 18.7 Å². The Balaban J connectivity index is 2.36. The molecule has 20 heavy (non-hydrogen) atoms. The lowest BCUT2D eigenvalue weighted by Gasteiger charge is -2.08. The van der Waals surface area contributed by atoms with Gasteiger partial charge in [-0.25, -0.2) is 13.4 Å². The molecule has 0 atom stereocenters. The first-order chi connectivity index (χ1) is 9.44. The molecule has 0 unspecified atom stereocenters. The molecule has 1 amide bonds. The first-order valence-corrected chi connectivity index (χ1v) is 8.52. The van der Waals surface area contributed by atoms with Crippen molar-refractivity contribution in [3.05, 3.63) is 40.9 Å². The van der Waals surface area contributed by atoms with Crippen molar-refractivity contribution >= 4 is 32.2 Å². The third-order valence-electron chi connectivity index (χ3n) is 2.69. The molecule has 0 aliphatic rings. The molecule has 0 aliphatic heterocycles. The molecule has 106 valence electrons. The third kappa shape index (κ3) is 3.05. The van der Waals surface area contributed by atoms with Gasteiger partial charge in [-0.2, -0.15) is 0 Å².